The molecule has 4 heteroatoms. The van der Waals surface area contributed by atoms with E-state index in [2.05, 4.69) is 6.07 Å². The molecular weight excluding hydrogens is 256 g/mol. The van der Waals surface area contributed by atoms with Crippen LogP contribution in [0.15, 0.2) is 35.7 Å². The number of nitrogen functional groups attached to an aromatic ring is 1. The highest BCUT2D eigenvalue weighted by molar-refractivity contribution is 7.09. The van der Waals surface area contributed by atoms with E-state index in [1.54, 1.807) is 11.3 Å². The SMILES string of the molecule is Nc1ccc2c(c1)N(C(=O)CCc1cccs1)CC2. The highest BCUT2D eigenvalue weighted by atomic mass is 32.1. The summed E-state index contributed by atoms with van der Waals surface area (Å²) in [7, 11) is 0. The van der Waals surface area contributed by atoms with Crippen LogP contribution < -0.4 is 10.6 Å². The highest BCUT2D eigenvalue weighted by Crippen LogP contribution is 2.30. The fraction of sp³-hybridized carbons (Fsp3) is 0.267. The second-order valence-electron chi connectivity index (χ2n) is 4.76. The molecule has 0 saturated heterocycles. The zero-order valence-electron chi connectivity index (χ0n) is 10.6. The van der Waals surface area contributed by atoms with Crippen molar-refractivity contribution in [3.8, 4) is 0 Å². The summed E-state index contributed by atoms with van der Waals surface area (Å²) in [5.74, 6) is 0.192. The number of anilines is 2. The molecule has 0 bridgehead atoms. The predicted octanol–water partition coefficient (Wildman–Crippen LogP) is 2.85. The minimum Gasteiger partial charge on any atom is -0.399 e. The Hall–Kier alpha value is -1.81. The van der Waals surface area contributed by atoms with Gasteiger partial charge in [0.15, 0.2) is 0 Å². The first-order chi connectivity index (χ1) is 9.24. The van der Waals surface area contributed by atoms with Crippen molar-refractivity contribution in [3.63, 3.8) is 0 Å². The molecule has 0 atom stereocenters. The molecule has 2 aromatic rings. The third-order valence-corrected chi connectivity index (χ3v) is 4.41. The number of amides is 1. The van der Waals surface area contributed by atoms with Crippen LogP contribution in [-0.4, -0.2) is 12.5 Å². The minimum atomic E-state index is 0.192. The van der Waals surface area contributed by atoms with E-state index in [9.17, 15) is 4.79 Å². The molecule has 19 heavy (non-hydrogen) atoms. The van der Waals surface area contributed by atoms with E-state index in [4.69, 9.17) is 5.73 Å². The van der Waals surface area contributed by atoms with Crippen LogP contribution in [0.1, 0.15) is 16.9 Å². The number of carbonyl (C=O) groups is 1. The van der Waals surface area contributed by atoms with Crippen molar-refractivity contribution >= 4 is 28.6 Å². The molecule has 1 aromatic heterocycles. The molecular formula is C15H16N2OS. The van der Waals surface area contributed by atoms with Crippen molar-refractivity contribution in [3.05, 3.63) is 46.2 Å². The first kappa shape index (κ1) is 12.2. The van der Waals surface area contributed by atoms with Crippen molar-refractivity contribution in [1.82, 2.24) is 0 Å². The number of nitrogens with two attached hydrogens (primary N) is 1. The van der Waals surface area contributed by atoms with Gasteiger partial charge in [0.05, 0.1) is 0 Å². The minimum absolute atomic E-state index is 0.192. The Morgan fingerprint density at radius 1 is 1.37 bits per heavy atom. The van der Waals surface area contributed by atoms with Crippen molar-refractivity contribution in [2.24, 2.45) is 0 Å². The van der Waals surface area contributed by atoms with Crippen molar-refractivity contribution in [2.45, 2.75) is 19.3 Å². The van der Waals surface area contributed by atoms with Crippen molar-refractivity contribution < 1.29 is 4.79 Å². The van der Waals surface area contributed by atoms with Gasteiger partial charge < -0.3 is 10.6 Å². The normalized spacial score (nSPS) is 13.6. The van der Waals surface area contributed by atoms with E-state index in [1.807, 2.05) is 34.5 Å². The van der Waals surface area contributed by atoms with Gasteiger partial charge in [-0.2, -0.15) is 0 Å². The first-order valence-corrected chi connectivity index (χ1v) is 7.33. The molecule has 3 rings (SSSR count). The van der Waals surface area contributed by atoms with Crippen LogP contribution in [0.4, 0.5) is 11.4 Å². The third kappa shape index (κ3) is 2.49. The number of thiophene rings is 1. The molecule has 1 aliphatic rings. The summed E-state index contributed by atoms with van der Waals surface area (Å²) in [5, 5.41) is 2.05. The summed E-state index contributed by atoms with van der Waals surface area (Å²) in [4.78, 5) is 15.4. The van der Waals surface area contributed by atoms with Gasteiger partial charge >= 0.3 is 0 Å². The van der Waals surface area contributed by atoms with Gasteiger partial charge in [0, 0.05) is 29.2 Å². The molecule has 0 fully saturated rings. The second-order valence-corrected chi connectivity index (χ2v) is 5.80. The number of aryl methyl sites for hydroxylation is 1. The Kier molecular flexibility index (Phi) is 3.25. The number of carbonyl (C=O) groups excluding carboxylic acids is 1. The predicted molar refractivity (Wildman–Crippen MR) is 79.6 cm³/mol. The smallest absolute Gasteiger partial charge is 0.227 e. The number of rotatable bonds is 3. The van der Waals surface area contributed by atoms with Crippen LogP contribution in [0, 0.1) is 0 Å². The summed E-state index contributed by atoms with van der Waals surface area (Å²) in [6.07, 6.45) is 2.32. The van der Waals surface area contributed by atoms with Gasteiger partial charge in [-0.25, -0.2) is 0 Å². The molecule has 2 heterocycles. The van der Waals surface area contributed by atoms with Crippen molar-refractivity contribution in [2.75, 3.05) is 17.2 Å². The molecule has 1 aromatic carbocycles. The number of nitrogens with zero attached hydrogens (tertiary/aromatic N) is 1. The number of fused-ring (bicyclic) bond motifs is 1. The van der Waals surface area contributed by atoms with Gasteiger partial charge in [0.1, 0.15) is 0 Å². The molecule has 0 spiro atoms. The van der Waals surface area contributed by atoms with Crippen LogP contribution in [0.25, 0.3) is 0 Å². The Labute approximate surface area is 116 Å². The van der Waals surface area contributed by atoms with E-state index in [-0.39, 0.29) is 5.91 Å². The fourth-order valence-electron chi connectivity index (χ4n) is 2.48. The van der Waals surface area contributed by atoms with Crippen molar-refractivity contribution in [1.29, 1.82) is 0 Å². The monoisotopic (exact) mass is 272 g/mol. The lowest BCUT2D eigenvalue weighted by Gasteiger charge is -2.17. The summed E-state index contributed by atoms with van der Waals surface area (Å²) >= 11 is 1.70. The molecule has 98 valence electrons. The summed E-state index contributed by atoms with van der Waals surface area (Å²) in [6.45, 7) is 0.780. The molecule has 2 N–H and O–H groups in total. The van der Waals surface area contributed by atoms with Gasteiger partial charge in [-0.15, -0.1) is 11.3 Å². The second kappa shape index (κ2) is 5.05. The maximum atomic E-state index is 12.3. The Bertz CT molecular complexity index is 592. The topological polar surface area (TPSA) is 46.3 Å². The lowest BCUT2D eigenvalue weighted by Crippen LogP contribution is -2.29. The summed E-state index contributed by atoms with van der Waals surface area (Å²) < 4.78 is 0. The van der Waals surface area contributed by atoms with E-state index in [0.717, 1.165) is 30.8 Å². The quantitative estimate of drug-likeness (QED) is 0.873. The molecule has 3 nitrogen and oxygen atoms in total. The van der Waals surface area contributed by atoms with Gasteiger partial charge in [0.25, 0.3) is 0 Å². The van der Waals surface area contributed by atoms with E-state index in [0.29, 0.717) is 6.42 Å². The Morgan fingerprint density at radius 2 is 2.26 bits per heavy atom. The molecule has 0 aliphatic carbocycles. The van der Waals surface area contributed by atoms with Gasteiger partial charge in [-0.1, -0.05) is 12.1 Å². The molecule has 0 saturated carbocycles. The van der Waals surface area contributed by atoms with E-state index >= 15 is 0 Å². The maximum Gasteiger partial charge on any atom is 0.227 e. The summed E-state index contributed by atoms with van der Waals surface area (Å²) in [5.41, 5.74) is 8.74. The maximum absolute atomic E-state index is 12.3. The van der Waals surface area contributed by atoms with Crippen LogP contribution >= 0.6 is 11.3 Å². The van der Waals surface area contributed by atoms with Crippen LogP contribution in [0.2, 0.25) is 0 Å². The number of benzene rings is 1. The van der Waals surface area contributed by atoms with Gasteiger partial charge in [0.2, 0.25) is 5.91 Å². The fourth-order valence-corrected chi connectivity index (χ4v) is 3.18. The first-order valence-electron chi connectivity index (χ1n) is 6.45. The van der Waals surface area contributed by atoms with E-state index < -0.39 is 0 Å². The summed E-state index contributed by atoms with van der Waals surface area (Å²) in [6, 6.07) is 9.94. The van der Waals surface area contributed by atoms with Crippen LogP contribution in [0.5, 0.6) is 0 Å². The standard InChI is InChI=1S/C15H16N2OS/c16-12-4-3-11-7-8-17(14(11)10-12)15(18)6-5-13-2-1-9-19-13/h1-4,9-10H,5-8,16H2. The highest BCUT2D eigenvalue weighted by Gasteiger charge is 2.24. The molecule has 0 radical (unpaired) electrons. The third-order valence-electron chi connectivity index (χ3n) is 3.47. The average Bonchev–Trinajstić information content (AvgIpc) is 3.04. The largest absolute Gasteiger partial charge is 0.399 e. The van der Waals surface area contributed by atoms with Crippen LogP contribution in [0.3, 0.4) is 0 Å². The number of hydrogen-bond acceptors (Lipinski definition) is 3. The Morgan fingerprint density at radius 3 is 3.05 bits per heavy atom. The van der Waals surface area contributed by atoms with Gasteiger partial charge in [-0.3, -0.25) is 4.79 Å². The van der Waals surface area contributed by atoms with Crippen LogP contribution in [-0.2, 0) is 17.6 Å². The zero-order valence-corrected chi connectivity index (χ0v) is 11.5. The molecule has 1 amide bonds. The lowest BCUT2D eigenvalue weighted by molar-refractivity contribution is -0.118. The lowest BCUT2D eigenvalue weighted by atomic mass is 10.1. The average molecular weight is 272 g/mol. The number of hydrogen-bond donors (Lipinski definition) is 1. The molecule has 0 unspecified atom stereocenters. The van der Waals surface area contributed by atoms with E-state index in [1.165, 1.54) is 10.4 Å². The zero-order chi connectivity index (χ0) is 13.2. The Balaban J connectivity index is 1.71. The van der Waals surface area contributed by atoms with Gasteiger partial charge in [-0.05, 0) is 42.0 Å². The molecule has 1 aliphatic heterocycles.